The minimum Gasteiger partial charge on any atom is -0.810 e. The van der Waals surface area contributed by atoms with Crippen LogP contribution in [0.2, 0.25) is 0 Å². The van der Waals surface area contributed by atoms with Crippen LogP contribution in [0.3, 0.4) is 0 Å². The summed E-state index contributed by atoms with van der Waals surface area (Å²) < 4.78 is 20.0. The van der Waals surface area contributed by atoms with E-state index in [1.54, 1.807) is 0 Å². The zero-order valence-corrected chi connectivity index (χ0v) is 13.6. The summed E-state index contributed by atoms with van der Waals surface area (Å²) in [6.45, 7) is -1.43. The van der Waals surface area contributed by atoms with Crippen molar-refractivity contribution in [2.45, 2.75) is 5.40 Å². The summed E-state index contributed by atoms with van der Waals surface area (Å²) >= 11 is 0. The van der Waals surface area contributed by atoms with Crippen LogP contribution in [0.5, 0.6) is 0 Å². The van der Waals surface area contributed by atoms with Crippen LogP contribution in [0.1, 0.15) is 0 Å². The molecule has 7 nitrogen and oxygen atoms in total. The molecule has 0 bridgehead atoms. The molecule has 0 radical (unpaired) electrons. The van der Waals surface area contributed by atoms with Gasteiger partial charge < -0.3 is 33.8 Å². The zero-order valence-electron chi connectivity index (χ0n) is 6.82. The Labute approximate surface area is 109 Å². The van der Waals surface area contributed by atoms with Crippen LogP contribution in [0, 0.1) is 0 Å². The Morgan fingerprint density at radius 1 is 1.23 bits per heavy atom. The van der Waals surface area contributed by atoms with Crippen LogP contribution in [0.15, 0.2) is 0 Å². The smallest absolute Gasteiger partial charge is 0.810 e. The molecule has 68 valence electrons. The van der Waals surface area contributed by atoms with E-state index >= 15 is 0 Å². The van der Waals surface area contributed by atoms with Gasteiger partial charge in [-0.25, -0.2) is 0 Å². The van der Waals surface area contributed by atoms with Gasteiger partial charge in [0, 0.05) is 0 Å². The van der Waals surface area contributed by atoms with Crippen molar-refractivity contribution >= 4 is 15.2 Å². The second-order valence-corrected chi connectivity index (χ2v) is 5.63. The Morgan fingerprint density at radius 3 is 1.54 bits per heavy atom. The van der Waals surface area contributed by atoms with Gasteiger partial charge in [0.15, 0.2) is 0 Å². The fraction of sp³-hybridized carbons (Fsp3) is 1.00. The standard InChI is InChI=1S/C2H8O7P2.Na.Zn/c3-1-2(10(4,5)6)11(7,8)9;;/h2-3H,1H2,(H2,4,5,6)(H2,7,8,9);;/q;+1;+2/p-3. The number of hydrogen-bond donors (Lipinski definition) is 2. The first-order valence-corrected chi connectivity index (χ1v) is 5.61. The van der Waals surface area contributed by atoms with Gasteiger partial charge in [0.1, 0.15) is 7.60 Å². The van der Waals surface area contributed by atoms with Crippen LogP contribution in [0.25, 0.3) is 0 Å². The molecular formula is C2H5NaO7P2Zn. The van der Waals surface area contributed by atoms with Crippen LogP contribution in [-0.2, 0) is 28.6 Å². The summed E-state index contributed by atoms with van der Waals surface area (Å²) in [5.74, 6) is 0. The largest absolute Gasteiger partial charge is 2.00 e. The first-order valence-electron chi connectivity index (χ1n) is 2.35. The van der Waals surface area contributed by atoms with Crippen molar-refractivity contribution in [2.75, 3.05) is 6.61 Å². The molecule has 0 rings (SSSR count). The summed E-state index contributed by atoms with van der Waals surface area (Å²) in [6.07, 6.45) is 0. The molecule has 0 aromatic rings. The van der Waals surface area contributed by atoms with E-state index in [2.05, 4.69) is 0 Å². The molecule has 13 heavy (non-hydrogen) atoms. The van der Waals surface area contributed by atoms with Gasteiger partial charge in [-0.2, -0.15) is 0 Å². The molecule has 0 amide bonds. The number of rotatable bonds is 3. The molecule has 0 aliphatic heterocycles. The number of aliphatic hydroxyl groups is 1. The van der Waals surface area contributed by atoms with Crippen molar-refractivity contribution in [3.05, 3.63) is 0 Å². The van der Waals surface area contributed by atoms with Crippen LogP contribution < -0.4 is 44.2 Å². The summed E-state index contributed by atoms with van der Waals surface area (Å²) in [5.41, 5.74) is 0. The van der Waals surface area contributed by atoms with Crippen molar-refractivity contribution < 1.29 is 82.8 Å². The molecule has 2 N–H and O–H groups in total. The third-order valence-corrected chi connectivity index (χ3v) is 4.44. The molecule has 0 heterocycles. The predicted octanol–water partition coefficient (Wildman–Crippen LogP) is -6.23. The van der Waals surface area contributed by atoms with Crippen LogP contribution in [-0.4, -0.2) is 22.0 Å². The van der Waals surface area contributed by atoms with E-state index in [4.69, 9.17) is 10.00 Å². The monoisotopic (exact) mass is 290 g/mol. The van der Waals surface area contributed by atoms with Gasteiger partial charge in [-0.15, -0.1) is 0 Å². The van der Waals surface area contributed by atoms with Gasteiger partial charge in [0.25, 0.3) is 0 Å². The zero-order chi connectivity index (χ0) is 9.28. The van der Waals surface area contributed by atoms with Crippen molar-refractivity contribution in [2.24, 2.45) is 0 Å². The Hall–Kier alpha value is 1.88. The summed E-state index contributed by atoms with van der Waals surface area (Å²) in [6, 6.07) is 0. The van der Waals surface area contributed by atoms with E-state index in [0.717, 1.165) is 0 Å². The van der Waals surface area contributed by atoms with Crippen molar-refractivity contribution in [1.82, 2.24) is 0 Å². The molecule has 0 fully saturated rings. The van der Waals surface area contributed by atoms with E-state index in [0.29, 0.717) is 0 Å². The van der Waals surface area contributed by atoms with Gasteiger partial charge in [0.05, 0.1) is 12.0 Å². The van der Waals surface area contributed by atoms with Gasteiger partial charge in [-0.3, -0.25) is 0 Å². The molecule has 0 aliphatic rings. The Balaban J connectivity index is -0.000000500. The van der Waals surface area contributed by atoms with Crippen molar-refractivity contribution in [1.29, 1.82) is 0 Å². The Morgan fingerprint density at radius 2 is 1.54 bits per heavy atom. The maximum absolute atomic E-state index is 10.1. The normalized spacial score (nSPS) is 17.6. The maximum atomic E-state index is 10.1. The molecule has 0 saturated heterocycles. The molecule has 0 aromatic carbocycles. The Bertz CT molecular complexity index is 199. The number of aliphatic hydroxyl groups excluding tert-OH is 1. The second-order valence-electron chi connectivity index (χ2n) is 1.77. The third-order valence-electron chi connectivity index (χ3n) is 0.905. The number of hydrogen-bond acceptors (Lipinski definition) is 6. The SMILES string of the molecule is O=P([O-])([O-])C(CO)P(=O)([O-])O.[Na+].[Zn+2]. The molecule has 0 saturated carbocycles. The van der Waals surface area contributed by atoms with E-state index in [-0.39, 0.29) is 49.0 Å². The summed E-state index contributed by atoms with van der Waals surface area (Å²) in [4.78, 5) is 38.1. The van der Waals surface area contributed by atoms with Gasteiger partial charge in [-0.1, -0.05) is 7.60 Å². The van der Waals surface area contributed by atoms with E-state index in [9.17, 15) is 23.8 Å². The third kappa shape index (κ3) is 7.77. The van der Waals surface area contributed by atoms with Gasteiger partial charge in [-0.05, 0) is 0 Å². The fourth-order valence-electron chi connectivity index (χ4n) is 0.382. The first kappa shape index (κ1) is 20.3. The second kappa shape index (κ2) is 7.21. The average Bonchev–Trinajstić information content (AvgIpc) is 1.56. The minimum atomic E-state index is -5.47. The molecule has 11 heteroatoms. The molecule has 0 aliphatic carbocycles. The molecule has 2 unspecified atom stereocenters. The van der Waals surface area contributed by atoms with Crippen molar-refractivity contribution in [3.8, 4) is 0 Å². The van der Waals surface area contributed by atoms with E-state index in [1.807, 2.05) is 0 Å². The summed E-state index contributed by atoms with van der Waals surface area (Å²) in [7, 11) is -10.8. The molecule has 0 aromatic heterocycles. The minimum absolute atomic E-state index is 0. The molecule has 2 atom stereocenters. The average molecular weight is 291 g/mol. The molecule has 0 spiro atoms. The molecular weight excluding hydrogens is 286 g/mol. The van der Waals surface area contributed by atoms with Crippen molar-refractivity contribution in [3.63, 3.8) is 0 Å². The van der Waals surface area contributed by atoms with Gasteiger partial charge >= 0.3 is 49.0 Å². The summed E-state index contributed by atoms with van der Waals surface area (Å²) in [5, 5.41) is 5.46. The first-order chi connectivity index (χ1) is 4.69. The maximum Gasteiger partial charge on any atom is 2.00 e. The van der Waals surface area contributed by atoms with E-state index < -0.39 is 27.2 Å². The van der Waals surface area contributed by atoms with Gasteiger partial charge in [0.2, 0.25) is 0 Å². The Kier molecular flexibility index (Phi) is 11.3. The van der Waals surface area contributed by atoms with E-state index in [1.165, 1.54) is 0 Å². The van der Waals surface area contributed by atoms with Crippen LogP contribution in [0.4, 0.5) is 0 Å². The van der Waals surface area contributed by atoms with Crippen LogP contribution >= 0.6 is 15.2 Å². The topological polar surface area (TPSA) is 144 Å². The predicted molar refractivity (Wildman–Crippen MR) is 28.3 cm³/mol. The quantitative estimate of drug-likeness (QED) is 0.389. The fourth-order valence-corrected chi connectivity index (χ4v) is 2.22.